The fraction of sp³-hybridized carbons (Fsp3) is 1.00. The van der Waals surface area contributed by atoms with Crippen LogP contribution in [0.2, 0.25) is 0 Å². The molecule has 402 valence electrons. The van der Waals surface area contributed by atoms with E-state index in [9.17, 15) is 43.1 Å². The summed E-state index contributed by atoms with van der Waals surface area (Å²) in [5.74, 6) is 0. The molecule has 0 fully saturated rings. The van der Waals surface area contributed by atoms with Gasteiger partial charge in [-0.3, -0.25) is 0 Å². The van der Waals surface area contributed by atoms with Crippen LogP contribution in [0.15, 0.2) is 0 Å². The molecule has 0 saturated heterocycles. The summed E-state index contributed by atoms with van der Waals surface area (Å²) < 4.78 is 31.4. The van der Waals surface area contributed by atoms with E-state index in [1.165, 1.54) is 250 Å². The molecule has 0 aromatic rings. The van der Waals surface area contributed by atoms with Crippen LogP contribution in [0.3, 0.4) is 0 Å². The Kier molecular flexibility index (Phi) is 75.2. The minimum absolute atomic E-state index is 0. The van der Waals surface area contributed by atoms with Gasteiger partial charge in [-0.15, -0.1) is 0 Å². The van der Waals surface area contributed by atoms with Gasteiger partial charge < -0.3 is 43.1 Å². The van der Waals surface area contributed by atoms with Crippen molar-refractivity contribution in [2.24, 2.45) is 0 Å². The minimum atomic E-state index is -4.25. The predicted octanol–water partition coefficient (Wildman–Crippen LogP) is 15.5. The first kappa shape index (κ1) is 79.7. The number of rotatable bonds is 51. The van der Waals surface area contributed by atoms with E-state index in [2.05, 4.69) is 20.8 Å². The molecule has 0 aromatic carbocycles. The normalized spacial score (nSPS) is 11.6. The molecule has 0 aliphatic heterocycles. The molecular weight excluding hydrogens is 1160 g/mol. The SMILES string of the molecule is CCCCCCCCCCCCCCCCCCP(=O)([O-])[O-].CCCCCCCCCCCCCCCCCCP(=O)([O-])[O-].CCCCCCCCCCCCCCCCCCP(=O)([O-])[O-].[La+3].[La+3]. The molecule has 0 atom stereocenters. The number of hydrogen-bond donors (Lipinski definition) is 0. The van der Waals surface area contributed by atoms with Gasteiger partial charge in [0.25, 0.3) is 0 Å². The van der Waals surface area contributed by atoms with Crippen molar-refractivity contribution >= 4 is 22.8 Å². The van der Waals surface area contributed by atoms with Gasteiger partial charge in [0, 0.05) is 0 Å². The van der Waals surface area contributed by atoms with Crippen LogP contribution in [0, 0.1) is 71.2 Å². The maximum atomic E-state index is 10.5. The van der Waals surface area contributed by atoms with E-state index < -0.39 is 22.8 Å². The quantitative estimate of drug-likeness (QED) is 0.0421. The third-order valence-electron chi connectivity index (χ3n) is 12.9. The summed E-state index contributed by atoms with van der Waals surface area (Å²) in [5, 5.41) is 0. The zero-order valence-electron chi connectivity index (χ0n) is 45.2. The fourth-order valence-electron chi connectivity index (χ4n) is 8.56. The van der Waals surface area contributed by atoms with Gasteiger partial charge >= 0.3 is 71.2 Å². The van der Waals surface area contributed by atoms with Crippen molar-refractivity contribution in [2.45, 2.75) is 329 Å². The Morgan fingerprint density at radius 1 is 0.191 bits per heavy atom. The van der Waals surface area contributed by atoms with Gasteiger partial charge in [0.2, 0.25) is 0 Å². The van der Waals surface area contributed by atoms with Crippen LogP contribution in [0.5, 0.6) is 0 Å². The van der Waals surface area contributed by atoms with E-state index >= 15 is 0 Å². The van der Waals surface area contributed by atoms with Crippen molar-refractivity contribution in [3.63, 3.8) is 0 Å². The summed E-state index contributed by atoms with van der Waals surface area (Å²) in [6.45, 7) is 6.78. The first-order valence-electron chi connectivity index (χ1n) is 28.7. The molecule has 0 aromatic heterocycles. The van der Waals surface area contributed by atoms with Crippen molar-refractivity contribution in [3.05, 3.63) is 0 Å². The summed E-state index contributed by atoms with van der Waals surface area (Å²) in [6, 6.07) is 0. The minimum Gasteiger partial charge on any atom is -0.811 e. The molecule has 9 nitrogen and oxygen atoms in total. The van der Waals surface area contributed by atoms with Gasteiger partial charge in [0.1, 0.15) is 0 Å². The molecule has 0 spiro atoms. The average molecular weight is 1280 g/mol. The Morgan fingerprint density at radius 2 is 0.279 bits per heavy atom. The number of unbranched alkanes of at least 4 members (excludes halogenated alkanes) is 45. The van der Waals surface area contributed by atoms with Crippen molar-refractivity contribution < 1.29 is 114 Å². The van der Waals surface area contributed by atoms with Gasteiger partial charge in [-0.25, -0.2) is 0 Å². The molecular formula is C54H111La2O9P3. The van der Waals surface area contributed by atoms with Gasteiger partial charge in [-0.2, -0.15) is 0 Å². The van der Waals surface area contributed by atoms with Crippen LogP contribution >= 0.6 is 22.8 Å². The smallest absolute Gasteiger partial charge is 0.811 e. The van der Waals surface area contributed by atoms with Crippen LogP contribution in [-0.2, 0) is 13.7 Å². The second kappa shape index (κ2) is 64.1. The molecule has 68 heavy (non-hydrogen) atoms. The Labute approximate surface area is 479 Å². The second-order valence-electron chi connectivity index (χ2n) is 19.9. The molecule has 0 aliphatic rings. The van der Waals surface area contributed by atoms with E-state index in [0.717, 1.165) is 38.5 Å². The first-order chi connectivity index (χ1) is 31.7. The Bertz CT molecular complexity index is 931. The molecule has 0 heterocycles. The molecule has 0 amide bonds. The summed E-state index contributed by atoms with van der Waals surface area (Å²) in [7, 11) is -12.8. The van der Waals surface area contributed by atoms with Gasteiger partial charge in [0.05, 0.1) is 0 Å². The van der Waals surface area contributed by atoms with Crippen LogP contribution < -0.4 is 29.4 Å². The van der Waals surface area contributed by atoms with Gasteiger partial charge in [-0.05, 0) is 37.7 Å². The van der Waals surface area contributed by atoms with E-state index in [1.54, 1.807) is 0 Å². The molecule has 0 N–H and O–H groups in total. The van der Waals surface area contributed by atoms with E-state index in [-0.39, 0.29) is 89.7 Å². The molecule has 0 radical (unpaired) electrons. The molecule has 14 heteroatoms. The fourth-order valence-corrected chi connectivity index (χ4v) is 10.4. The molecule has 0 unspecified atom stereocenters. The van der Waals surface area contributed by atoms with Gasteiger partial charge in [0.15, 0.2) is 0 Å². The average Bonchev–Trinajstić information content (AvgIpc) is 3.25. The van der Waals surface area contributed by atoms with Crippen LogP contribution in [0.1, 0.15) is 329 Å². The molecule has 0 bridgehead atoms. The maximum Gasteiger partial charge on any atom is 3.00 e. The van der Waals surface area contributed by atoms with Crippen molar-refractivity contribution in [1.82, 2.24) is 0 Å². The van der Waals surface area contributed by atoms with Crippen molar-refractivity contribution in [1.29, 1.82) is 0 Å². The zero-order valence-corrected chi connectivity index (χ0v) is 55.2. The van der Waals surface area contributed by atoms with E-state index in [0.29, 0.717) is 19.3 Å². The molecule has 0 aliphatic carbocycles. The summed E-state index contributed by atoms with van der Waals surface area (Å²) >= 11 is 0. The zero-order chi connectivity index (χ0) is 49.6. The first-order valence-corrected chi connectivity index (χ1v) is 33.9. The summed E-state index contributed by atoms with van der Waals surface area (Å²) in [5.41, 5.74) is 0. The third kappa shape index (κ3) is 88.5. The number of hydrogen-bond acceptors (Lipinski definition) is 9. The Hall–Kier alpha value is 2.84. The summed E-state index contributed by atoms with van der Waals surface area (Å²) in [4.78, 5) is 62.7. The Balaban J connectivity index is -0.000000288. The van der Waals surface area contributed by atoms with Crippen LogP contribution in [-0.4, -0.2) is 18.5 Å². The van der Waals surface area contributed by atoms with E-state index in [1.807, 2.05) is 0 Å². The second-order valence-corrected chi connectivity index (χ2v) is 24.9. The van der Waals surface area contributed by atoms with Crippen LogP contribution in [0.25, 0.3) is 0 Å². The van der Waals surface area contributed by atoms with Crippen molar-refractivity contribution in [2.75, 3.05) is 18.5 Å². The monoisotopic (exact) mass is 1270 g/mol. The molecule has 0 rings (SSSR count). The third-order valence-corrected chi connectivity index (χ3v) is 15.4. The van der Waals surface area contributed by atoms with Crippen LogP contribution in [0.4, 0.5) is 0 Å². The van der Waals surface area contributed by atoms with Crippen molar-refractivity contribution in [3.8, 4) is 0 Å². The standard InChI is InChI=1S/3C18H39O3P.2La/c3*1-2-3-4-5-6-7-8-9-10-11-12-13-14-15-16-17-18-22(19,20)21;;/h3*2-18H2,1H3,(H2,19,20,21);;/q;;;2*+3/p-6. The summed E-state index contributed by atoms with van der Waals surface area (Å²) in [6.07, 6.45) is 59.8. The predicted molar refractivity (Wildman–Crippen MR) is 276 cm³/mol. The van der Waals surface area contributed by atoms with E-state index in [4.69, 9.17) is 0 Å². The topological polar surface area (TPSA) is 190 Å². The maximum absolute atomic E-state index is 10.5. The largest absolute Gasteiger partial charge is 3.00 e. The van der Waals surface area contributed by atoms with Gasteiger partial charge in [-0.1, -0.05) is 332 Å². The Morgan fingerprint density at radius 3 is 0.368 bits per heavy atom. The molecule has 0 saturated carbocycles.